The van der Waals surface area contributed by atoms with E-state index < -0.39 is 0 Å². The third-order valence-corrected chi connectivity index (χ3v) is 2.81. The lowest BCUT2D eigenvalue weighted by Crippen LogP contribution is -1.98. The first-order chi connectivity index (χ1) is 8.06. The van der Waals surface area contributed by atoms with Crippen LogP contribution in [0.1, 0.15) is 5.56 Å². The number of anilines is 1. The Morgan fingerprint density at radius 3 is 2.59 bits per heavy atom. The molecule has 0 fully saturated rings. The van der Waals surface area contributed by atoms with Crippen molar-refractivity contribution >= 4 is 5.82 Å². The van der Waals surface area contributed by atoms with E-state index in [4.69, 9.17) is 10.5 Å². The predicted molar refractivity (Wildman–Crippen MR) is 66.0 cm³/mol. The molecular weight excluding hydrogens is 218 g/mol. The molecule has 0 aliphatic carbocycles. The molecule has 1 heterocycles. The number of hydrogen-bond acceptors (Lipinski definition) is 4. The van der Waals surface area contributed by atoms with Crippen molar-refractivity contribution in [3.63, 3.8) is 0 Å². The van der Waals surface area contributed by atoms with Crippen LogP contribution in [0, 0.1) is 6.92 Å². The average molecular weight is 233 g/mol. The molecule has 5 nitrogen and oxygen atoms in total. The number of hydrogen-bond donors (Lipinski definition) is 2. The molecule has 3 N–H and O–H groups in total. The van der Waals surface area contributed by atoms with Crippen molar-refractivity contribution in [2.45, 2.75) is 6.92 Å². The lowest BCUT2D eigenvalue weighted by Gasteiger charge is -2.11. The monoisotopic (exact) mass is 233 g/mol. The third kappa shape index (κ3) is 1.69. The molecule has 2 rings (SSSR count). The lowest BCUT2D eigenvalue weighted by atomic mass is 10.0. The van der Waals surface area contributed by atoms with Crippen molar-refractivity contribution in [3.05, 3.63) is 23.9 Å². The first-order valence-electron chi connectivity index (χ1n) is 5.20. The fourth-order valence-electron chi connectivity index (χ4n) is 1.74. The van der Waals surface area contributed by atoms with E-state index in [2.05, 4.69) is 5.10 Å². The number of methoxy groups -OCH3 is 1. The zero-order valence-corrected chi connectivity index (χ0v) is 10.1. The number of nitrogens with zero attached hydrogens (tertiary/aromatic N) is 2. The molecule has 0 radical (unpaired) electrons. The minimum Gasteiger partial charge on any atom is -0.504 e. The smallest absolute Gasteiger partial charge is 0.168 e. The Morgan fingerprint density at radius 2 is 2.06 bits per heavy atom. The largest absolute Gasteiger partial charge is 0.504 e. The van der Waals surface area contributed by atoms with Crippen LogP contribution in [0.25, 0.3) is 11.1 Å². The van der Waals surface area contributed by atoms with E-state index in [1.54, 1.807) is 17.9 Å². The number of benzene rings is 1. The molecule has 1 aromatic carbocycles. The van der Waals surface area contributed by atoms with Gasteiger partial charge in [-0.15, -0.1) is 0 Å². The van der Waals surface area contributed by atoms with Crippen LogP contribution in [0.5, 0.6) is 11.5 Å². The molecule has 1 aromatic heterocycles. The van der Waals surface area contributed by atoms with Gasteiger partial charge in [0.2, 0.25) is 0 Å². The maximum absolute atomic E-state index is 9.94. The van der Waals surface area contributed by atoms with Crippen LogP contribution < -0.4 is 10.5 Å². The summed E-state index contributed by atoms with van der Waals surface area (Å²) in [6, 6.07) is 3.68. The van der Waals surface area contributed by atoms with Gasteiger partial charge >= 0.3 is 0 Å². The number of aryl methyl sites for hydroxylation is 2. The Morgan fingerprint density at radius 1 is 1.35 bits per heavy atom. The minimum atomic E-state index is 0.133. The van der Waals surface area contributed by atoms with Crippen molar-refractivity contribution in [3.8, 4) is 22.6 Å². The number of phenols is 1. The number of phenolic OH excluding ortho intramolecular Hbond substituents is 1. The Bertz CT molecular complexity index is 561. The van der Waals surface area contributed by atoms with Crippen LogP contribution in [-0.4, -0.2) is 22.0 Å². The Hall–Kier alpha value is -2.17. The second-order valence-corrected chi connectivity index (χ2v) is 3.88. The summed E-state index contributed by atoms with van der Waals surface area (Å²) in [4.78, 5) is 0. The number of rotatable bonds is 2. The summed E-state index contributed by atoms with van der Waals surface area (Å²) in [6.45, 7) is 1.81. The maximum Gasteiger partial charge on any atom is 0.168 e. The van der Waals surface area contributed by atoms with Gasteiger partial charge in [0.25, 0.3) is 0 Å². The summed E-state index contributed by atoms with van der Waals surface area (Å²) in [5.74, 6) is 1.09. The van der Waals surface area contributed by atoms with Crippen LogP contribution in [0.4, 0.5) is 5.82 Å². The average Bonchev–Trinajstić information content (AvgIpc) is 2.64. The van der Waals surface area contributed by atoms with Gasteiger partial charge in [0.15, 0.2) is 11.5 Å². The fourth-order valence-corrected chi connectivity index (χ4v) is 1.74. The van der Waals surface area contributed by atoms with Crippen LogP contribution in [0.15, 0.2) is 18.3 Å². The quantitative estimate of drug-likeness (QED) is 0.827. The number of nitrogens with two attached hydrogens (primary N) is 1. The van der Waals surface area contributed by atoms with Crippen LogP contribution in [-0.2, 0) is 7.05 Å². The Kier molecular flexibility index (Phi) is 2.67. The summed E-state index contributed by atoms with van der Waals surface area (Å²) in [5, 5.41) is 14.0. The Labute approximate surface area is 99.4 Å². The van der Waals surface area contributed by atoms with Gasteiger partial charge in [0.05, 0.1) is 13.3 Å². The van der Waals surface area contributed by atoms with Gasteiger partial charge in [0.1, 0.15) is 5.82 Å². The van der Waals surface area contributed by atoms with Crippen LogP contribution in [0.2, 0.25) is 0 Å². The van der Waals surface area contributed by atoms with E-state index in [1.807, 2.05) is 19.1 Å². The van der Waals surface area contributed by atoms with E-state index in [0.717, 1.165) is 16.7 Å². The van der Waals surface area contributed by atoms with Crippen molar-refractivity contribution in [2.75, 3.05) is 12.8 Å². The van der Waals surface area contributed by atoms with Crippen molar-refractivity contribution in [2.24, 2.45) is 7.05 Å². The van der Waals surface area contributed by atoms with Crippen LogP contribution in [0.3, 0.4) is 0 Å². The highest BCUT2D eigenvalue weighted by molar-refractivity contribution is 5.81. The molecule has 0 aliphatic heterocycles. The van der Waals surface area contributed by atoms with Gasteiger partial charge < -0.3 is 15.6 Å². The van der Waals surface area contributed by atoms with Gasteiger partial charge in [-0.25, -0.2) is 0 Å². The fraction of sp³-hybridized carbons (Fsp3) is 0.250. The highest BCUT2D eigenvalue weighted by Crippen LogP contribution is 2.41. The maximum atomic E-state index is 9.94. The van der Waals surface area contributed by atoms with Gasteiger partial charge in [-0.1, -0.05) is 6.07 Å². The third-order valence-electron chi connectivity index (χ3n) is 2.81. The van der Waals surface area contributed by atoms with E-state index >= 15 is 0 Å². The van der Waals surface area contributed by atoms with Gasteiger partial charge in [-0.2, -0.15) is 5.10 Å². The van der Waals surface area contributed by atoms with Gasteiger partial charge in [0, 0.05) is 18.2 Å². The molecule has 0 saturated heterocycles. The summed E-state index contributed by atoms with van der Waals surface area (Å²) < 4.78 is 6.81. The molecule has 0 unspecified atom stereocenters. The van der Waals surface area contributed by atoms with E-state index in [0.29, 0.717) is 11.6 Å². The second kappa shape index (κ2) is 4.01. The summed E-state index contributed by atoms with van der Waals surface area (Å²) >= 11 is 0. The summed E-state index contributed by atoms with van der Waals surface area (Å²) in [7, 11) is 3.28. The molecule has 0 saturated carbocycles. The van der Waals surface area contributed by atoms with Gasteiger partial charge in [-0.05, 0) is 18.6 Å². The van der Waals surface area contributed by atoms with E-state index in [1.165, 1.54) is 7.11 Å². The number of aromatic nitrogens is 2. The van der Waals surface area contributed by atoms with Crippen molar-refractivity contribution in [1.82, 2.24) is 9.78 Å². The van der Waals surface area contributed by atoms with Crippen molar-refractivity contribution < 1.29 is 9.84 Å². The molecule has 2 aromatic rings. The van der Waals surface area contributed by atoms with Crippen molar-refractivity contribution in [1.29, 1.82) is 0 Å². The molecule has 90 valence electrons. The first-order valence-corrected chi connectivity index (χ1v) is 5.20. The molecule has 0 bridgehead atoms. The topological polar surface area (TPSA) is 73.3 Å². The number of ether oxygens (including phenoxy) is 1. The predicted octanol–water partition coefficient (Wildman–Crippen LogP) is 1.69. The summed E-state index contributed by atoms with van der Waals surface area (Å²) in [5.41, 5.74) is 8.15. The van der Waals surface area contributed by atoms with Gasteiger partial charge in [-0.3, -0.25) is 4.68 Å². The van der Waals surface area contributed by atoms with Crippen LogP contribution >= 0.6 is 0 Å². The number of nitrogen functional groups attached to an aromatic ring is 1. The zero-order valence-electron chi connectivity index (χ0n) is 10.1. The molecule has 5 heteroatoms. The highest BCUT2D eigenvalue weighted by Gasteiger charge is 2.16. The minimum absolute atomic E-state index is 0.133. The van der Waals surface area contributed by atoms with E-state index in [-0.39, 0.29) is 5.75 Å². The zero-order chi connectivity index (χ0) is 12.6. The molecule has 0 atom stereocenters. The second-order valence-electron chi connectivity index (χ2n) is 3.88. The standard InChI is InChI=1S/C12H15N3O2/c1-7-4-5-8(11(17-3)10(7)16)9-6-14-15(2)12(9)13/h4-6,16H,13H2,1-3H3. The summed E-state index contributed by atoms with van der Waals surface area (Å²) in [6.07, 6.45) is 1.65. The normalized spacial score (nSPS) is 10.5. The Balaban J connectivity index is 2.68. The SMILES string of the molecule is COc1c(-c2cnn(C)c2N)ccc(C)c1O. The molecule has 0 amide bonds. The molecular formula is C12H15N3O2. The lowest BCUT2D eigenvalue weighted by molar-refractivity contribution is 0.373. The van der Waals surface area contributed by atoms with E-state index in [9.17, 15) is 5.11 Å². The first kappa shape index (κ1) is 11.3. The number of aromatic hydroxyl groups is 1. The highest BCUT2D eigenvalue weighted by atomic mass is 16.5. The molecule has 0 aliphatic rings. The molecule has 0 spiro atoms. The molecule has 17 heavy (non-hydrogen) atoms.